The Hall–Kier alpha value is -1.73. The van der Waals surface area contributed by atoms with Crippen LogP contribution in [0.4, 0.5) is 5.69 Å². The molecule has 0 aliphatic carbocycles. The molecule has 1 N–H and O–H groups in total. The number of nitrogens with one attached hydrogen (secondary N) is 1. The predicted octanol–water partition coefficient (Wildman–Crippen LogP) is 5.58. The van der Waals surface area contributed by atoms with Crippen LogP contribution in [0.1, 0.15) is 11.4 Å². The molecule has 1 heterocycles. The molecule has 0 saturated carbocycles. The third kappa shape index (κ3) is 4.76. The highest BCUT2D eigenvalue weighted by Crippen LogP contribution is 2.34. The molecule has 27 heavy (non-hydrogen) atoms. The average Bonchev–Trinajstić information content (AvgIpc) is 2.98. The fourth-order valence-corrected chi connectivity index (χ4v) is 4.10. The predicted molar refractivity (Wildman–Crippen MR) is 112 cm³/mol. The second-order valence-electron chi connectivity index (χ2n) is 5.78. The number of carbonyl (C=O) groups is 1. The zero-order valence-corrected chi connectivity index (χ0v) is 17.5. The van der Waals surface area contributed by atoms with Crippen molar-refractivity contribution in [3.8, 4) is 5.69 Å². The molecule has 0 spiro atoms. The average molecular weight is 442 g/mol. The first kappa shape index (κ1) is 20.0. The van der Waals surface area contributed by atoms with Crippen LogP contribution in [0, 0.1) is 13.8 Å². The van der Waals surface area contributed by atoms with Gasteiger partial charge in [-0.2, -0.15) is 0 Å². The summed E-state index contributed by atoms with van der Waals surface area (Å²) in [5, 5.41) is 12.6. The zero-order valence-electron chi connectivity index (χ0n) is 14.5. The molecule has 0 unspecified atom stereocenters. The van der Waals surface area contributed by atoms with Gasteiger partial charge in [-0.25, -0.2) is 0 Å². The first-order valence-electron chi connectivity index (χ1n) is 7.91. The number of nitrogens with zero attached hydrogens (tertiary/aromatic N) is 3. The molecule has 0 atom stereocenters. The van der Waals surface area contributed by atoms with Gasteiger partial charge in [-0.1, -0.05) is 64.3 Å². The fourth-order valence-electron chi connectivity index (χ4n) is 2.39. The van der Waals surface area contributed by atoms with E-state index in [-0.39, 0.29) is 21.7 Å². The van der Waals surface area contributed by atoms with Gasteiger partial charge < -0.3 is 5.32 Å². The molecule has 0 fully saturated rings. The highest BCUT2D eigenvalue weighted by atomic mass is 35.5. The second-order valence-corrected chi connectivity index (χ2v) is 7.98. The number of rotatable bonds is 5. The van der Waals surface area contributed by atoms with E-state index in [4.69, 9.17) is 34.8 Å². The van der Waals surface area contributed by atoms with Gasteiger partial charge in [0.25, 0.3) is 0 Å². The number of aromatic nitrogens is 3. The van der Waals surface area contributed by atoms with Crippen LogP contribution in [0.15, 0.2) is 41.6 Å². The quantitative estimate of drug-likeness (QED) is 0.525. The lowest BCUT2D eigenvalue weighted by Crippen LogP contribution is -2.15. The maximum absolute atomic E-state index is 12.3. The summed E-state index contributed by atoms with van der Waals surface area (Å²) in [6.07, 6.45) is 0. The lowest BCUT2D eigenvalue weighted by Gasteiger charge is -2.11. The van der Waals surface area contributed by atoms with E-state index in [1.807, 2.05) is 42.7 Å². The standard InChI is InChI=1S/C18H15Cl3N4OS/c1-10-3-5-13(6-4-10)25-11(2)23-24-18(25)27-9-16(26)22-17-14(20)7-12(19)8-15(17)21/h3-8H,9H2,1-2H3,(H,22,26). The van der Waals surface area contributed by atoms with Crippen LogP contribution < -0.4 is 5.32 Å². The van der Waals surface area contributed by atoms with Crippen LogP contribution in [0.3, 0.4) is 0 Å². The van der Waals surface area contributed by atoms with E-state index in [0.717, 1.165) is 17.1 Å². The third-order valence-corrected chi connectivity index (χ3v) is 5.43. The van der Waals surface area contributed by atoms with E-state index in [1.165, 1.54) is 23.9 Å². The Labute approximate surface area is 176 Å². The Balaban J connectivity index is 1.73. The normalized spacial score (nSPS) is 10.9. The summed E-state index contributed by atoms with van der Waals surface area (Å²) in [6, 6.07) is 11.1. The van der Waals surface area contributed by atoms with Crippen molar-refractivity contribution in [3.05, 3.63) is 62.9 Å². The highest BCUT2D eigenvalue weighted by molar-refractivity contribution is 7.99. The number of benzene rings is 2. The van der Waals surface area contributed by atoms with E-state index >= 15 is 0 Å². The van der Waals surface area contributed by atoms with E-state index in [1.54, 1.807) is 0 Å². The Morgan fingerprint density at radius 1 is 1.07 bits per heavy atom. The van der Waals surface area contributed by atoms with Crippen LogP contribution in [-0.2, 0) is 4.79 Å². The monoisotopic (exact) mass is 440 g/mol. The van der Waals surface area contributed by atoms with Crippen LogP contribution >= 0.6 is 46.6 Å². The summed E-state index contributed by atoms with van der Waals surface area (Å²) < 4.78 is 1.90. The van der Waals surface area contributed by atoms with Crippen molar-refractivity contribution in [1.29, 1.82) is 0 Å². The van der Waals surface area contributed by atoms with E-state index in [2.05, 4.69) is 15.5 Å². The van der Waals surface area contributed by atoms with Gasteiger partial charge in [-0.15, -0.1) is 10.2 Å². The smallest absolute Gasteiger partial charge is 0.234 e. The van der Waals surface area contributed by atoms with Crippen LogP contribution in [0.2, 0.25) is 15.1 Å². The maximum Gasteiger partial charge on any atom is 0.234 e. The minimum Gasteiger partial charge on any atom is -0.323 e. The van der Waals surface area contributed by atoms with E-state index < -0.39 is 0 Å². The number of hydrogen-bond acceptors (Lipinski definition) is 4. The molecule has 3 aromatic rings. The molecule has 5 nitrogen and oxygen atoms in total. The summed E-state index contributed by atoms with van der Waals surface area (Å²) in [7, 11) is 0. The Morgan fingerprint density at radius 2 is 1.70 bits per heavy atom. The Morgan fingerprint density at radius 3 is 2.33 bits per heavy atom. The van der Waals surface area contributed by atoms with Gasteiger partial charge >= 0.3 is 0 Å². The lowest BCUT2D eigenvalue weighted by molar-refractivity contribution is -0.113. The summed E-state index contributed by atoms with van der Waals surface area (Å²) in [5.41, 5.74) is 2.44. The first-order valence-corrected chi connectivity index (χ1v) is 10.0. The number of thioether (sulfide) groups is 1. The zero-order chi connectivity index (χ0) is 19.6. The molecule has 1 aromatic heterocycles. The number of amides is 1. The van der Waals surface area contributed by atoms with Crippen molar-refractivity contribution in [1.82, 2.24) is 14.8 Å². The molecule has 140 valence electrons. The minimum absolute atomic E-state index is 0.124. The Kier molecular flexibility index (Phi) is 6.32. The number of carbonyl (C=O) groups excluding carboxylic acids is 1. The largest absolute Gasteiger partial charge is 0.323 e. The number of hydrogen-bond donors (Lipinski definition) is 1. The van der Waals surface area contributed by atoms with Crippen molar-refractivity contribution in [2.24, 2.45) is 0 Å². The summed E-state index contributed by atoms with van der Waals surface area (Å²) in [4.78, 5) is 12.3. The van der Waals surface area contributed by atoms with E-state index in [0.29, 0.717) is 15.9 Å². The van der Waals surface area contributed by atoms with Crippen molar-refractivity contribution < 1.29 is 4.79 Å². The first-order chi connectivity index (χ1) is 12.8. The molecular formula is C18H15Cl3N4OS. The molecule has 0 radical (unpaired) electrons. The molecule has 2 aromatic carbocycles. The summed E-state index contributed by atoms with van der Waals surface area (Å²) in [6.45, 7) is 3.89. The third-order valence-electron chi connectivity index (χ3n) is 3.69. The minimum atomic E-state index is -0.262. The second kappa shape index (κ2) is 8.52. The van der Waals surface area contributed by atoms with Gasteiger partial charge in [-0.3, -0.25) is 9.36 Å². The summed E-state index contributed by atoms with van der Waals surface area (Å²) in [5.74, 6) is 0.604. The Bertz CT molecular complexity index is 966. The number of anilines is 1. The van der Waals surface area contributed by atoms with Gasteiger partial charge in [0, 0.05) is 10.7 Å². The molecule has 0 aliphatic heterocycles. The number of aryl methyl sites for hydroxylation is 2. The van der Waals surface area contributed by atoms with E-state index in [9.17, 15) is 4.79 Å². The highest BCUT2D eigenvalue weighted by Gasteiger charge is 2.15. The van der Waals surface area contributed by atoms with Crippen molar-refractivity contribution in [2.45, 2.75) is 19.0 Å². The molecule has 0 saturated heterocycles. The molecule has 0 aliphatic rings. The molecule has 0 bridgehead atoms. The van der Waals surface area contributed by atoms with Gasteiger partial charge in [0.15, 0.2) is 5.16 Å². The lowest BCUT2D eigenvalue weighted by atomic mass is 10.2. The molecule has 9 heteroatoms. The SMILES string of the molecule is Cc1ccc(-n2c(C)nnc2SCC(=O)Nc2c(Cl)cc(Cl)cc2Cl)cc1. The summed E-state index contributed by atoms with van der Waals surface area (Å²) >= 11 is 19.4. The van der Waals surface area contributed by atoms with Gasteiger partial charge in [0.1, 0.15) is 5.82 Å². The van der Waals surface area contributed by atoms with Gasteiger partial charge in [-0.05, 0) is 38.1 Å². The van der Waals surface area contributed by atoms with Crippen molar-refractivity contribution in [3.63, 3.8) is 0 Å². The van der Waals surface area contributed by atoms with Crippen LogP contribution in [-0.4, -0.2) is 26.4 Å². The van der Waals surface area contributed by atoms with Crippen molar-refractivity contribution in [2.75, 3.05) is 11.1 Å². The molecule has 3 rings (SSSR count). The fraction of sp³-hybridized carbons (Fsp3) is 0.167. The topological polar surface area (TPSA) is 59.8 Å². The van der Waals surface area contributed by atoms with Gasteiger partial charge in [0.2, 0.25) is 5.91 Å². The van der Waals surface area contributed by atoms with Crippen molar-refractivity contribution >= 4 is 58.2 Å². The molecular weight excluding hydrogens is 427 g/mol. The number of halogens is 3. The maximum atomic E-state index is 12.3. The molecule has 1 amide bonds. The van der Waals surface area contributed by atoms with Gasteiger partial charge in [0.05, 0.1) is 21.5 Å². The van der Waals surface area contributed by atoms with Crippen LogP contribution in [0.25, 0.3) is 5.69 Å². The van der Waals surface area contributed by atoms with Crippen LogP contribution in [0.5, 0.6) is 0 Å².